The Morgan fingerprint density at radius 2 is 1.77 bits per heavy atom. The lowest BCUT2D eigenvalue weighted by Crippen LogP contribution is -2.51. The van der Waals surface area contributed by atoms with Gasteiger partial charge in [0.15, 0.2) is 0 Å². The van der Waals surface area contributed by atoms with Crippen molar-refractivity contribution in [1.29, 1.82) is 0 Å². The van der Waals surface area contributed by atoms with Crippen molar-refractivity contribution >= 4 is 11.7 Å². The molecule has 1 amide bonds. The molecule has 0 saturated carbocycles. The maximum Gasteiger partial charge on any atom is 0.236 e. The predicted molar refractivity (Wildman–Crippen MR) is 105 cm³/mol. The van der Waals surface area contributed by atoms with E-state index in [1.54, 1.807) is 0 Å². The van der Waals surface area contributed by atoms with E-state index in [9.17, 15) is 4.79 Å². The molecule has 1 aliphatic rings. The monoisotopic (exact) mass is 352 g/mol. The summed E-state index contributed by atoms with van der Waals surface area (Å²) in [5, 5.41) is 0. The molecule has 1 saturated heterocycles. The summed E-state index contributed by atoms with van der Waals surface area (Å²) in [5.41, 5.74) is 1.36. The molecule has 2 aromatic rings. The van der Waals surface area contributed by atoms with Crippen LogP contribution in [0.1, 0.15) is 12.0 Å². The van der Waals surface area contributed by atoms with Crippen LogP contribution in [0.5, 0.6) is 0 Å². The van der Waals surface area contributed by atoms with Crippen LogP contribution in [0.15, 0.2) is 54.7 Å². The molecule has 1 aromatic carbocycles. The lowest BCUT2D eigenvalue weighted by atomic mass is 10.1. The van der Waals surface area contributed by atoms with Crippen LogP contribution in [0.3, 0.4) is 0 Å². The fraction of sp³-hybridized carbons (Fsp3) is 0.429. The smallest absolute Gasteiger partial charge is 0.236 e. The van der Waals surface area contributed by atoms with Crippen molar-refractivity contribution in [3.05, 3.63) is 60.3 Å². The molecule has 0 bridgehead atoms. The van der Waals surface area contributed by atoms with E-state index in [1.807, 2.05) is 42.4 Å². The van der Waals surface area contributed by atoms with Crippen LogP contribution in [-0.4, -0.2) is 67.0 Å². The molecule has 0 unspecified atom stereocenters. The van der Waals surface area contributed by atoms with Crippen molar-refractivity contribution in [2.45, 2.75) is 12.8 Å². The summed E-state index contributed by atoms with van der Waals surface area (Å²) in [4.78, 5) is 23.3. The van der Waals surface area contributed by atoms with Crippen LogP contribution in [0.4, 0.5) is 5.82 Å². The third-order valence-corrected chi connectivity index (χ3v) is 4.86. The molecule has 0 N–H and O–H groups in total. The normalized spacial score (nSPS) is 14.7. The predicted octanol–water partition coefficient (Wildman–Crippen LogP) is 2.29. The van der Waals surface area contributed by atoms with Crippen molar-refractivity contribution < 1.29 is 4.79 Å². The molecule has 5 heteroatoms. The van der Waals surface area contributed by atoms with E-state index in [0.29, 0.717) is 6.54 Å². The Balaban J connectivity index is 1.37. The highest BCUT2D eigenvalue weighted by Gasteiger charge is 2.22. The summed E-state index contributed by atoms with van der Waals surface area (Å²) in [7, 11) is 2.03. The van der Waals surface area contributed by atoms with Crippen molar-refractivity contribution in [3.63, 3.8) is 0 Å². The SMILES string of the molecule is CN(CCCc1ccccc1)CC(=O)N1CCN(c2ccccn2)CC1. The quantitative estimate of drug-likeness (QED) is 0.767. The van der Waals surface area contributed by atoms with Gasteiger partial charge in [-0.1, -0.05) is 36.4 Å². The van der Waals surface area contributed by atoms with Gasteiger partial charge in [-0.2, -0.15) is 0 Å². The highest BCUT2D eigenvalue weighted by molar-refractivity contribution is 5.78. The van der Waals surface area contributed by atoms with E-state index in [-0.39, 0.29) is 5.91 Å². The summed E-state index contributed by atoms with van der Waals surface area (Å²) in [6.07, 6.45) is 3.95. The van der Waals surface area contributed by atoms with Gasteiger partial charge >= 0.3 is 0 Å². The average Bonchev–Trinajstić information content (AvgIpc) is 2.69. The van der Waals surface area contributed by atoms with Gasteiger partial charge in [0.2, 0.25) is 5.91 Å². The van der Waals surface area contributed by atoms with Crippen LogP contribution < -0.4 is 4.90 Å². The second kappa shape index (κ2) is 9.34. The van der Waals surface area contributed by atoms with Gasteiger partial charge in [-0.05, 0) is 44.1 Å². The summed E-state index contributed by atoms with van der Waals surface area (Å²) >= 11 is 0. The van der Waals surface area contributed by atoms with Crippen LogP contribution in [0, 0.1) is 0 Å². The van der Waals surface area contributed by atoms with Gasteiger partial charge in [-0.15, -0.1) is 0 Å². The van der Waals surface area contributed by atoms with Crippen molar-refractivity contribution in [3.8, 4) is 0 Å². The first-order valence-corrected chi connectivity index (χ1v) is 9.38. The number of aromatic nitrogens is 1. The summed E-state index contributed by atoms with van der Waals surface area (Å²) < 4.78 is 0. The fourth-order valence-corrected chi connectivity index (χ4v) is 3.33. The molecular weight excluding hydrogens is 324 g/mol. The van der Waals surface area contributed by atoms with Gasteiger partial charge in [-0.3, -0.25) is 9.69 Å². The molecule has 0 atom stereocenters. The van der Waals surface area contributed by atoms with Crippen LogP contribution >= 0.6 is 0 Å². The van der Waals surface area contributed by atoms with Crippen LogP contribution in [-0.2, 0) is 11.2 Å². The van der Waals surface area contributed by atoms with E-state index in [4.69, 9.17) is 0 Å². The van der Waals surface area contributed by atoms with Crippen molar-refractivity contribution in [2.24, 2.45) is 0 Å². The number of hydrogen-bond donors (Lipinski definition) is 0. The first kappa shape index (κ1) is 18.4. The fourth-order valence-electron chi connectivity index (χ4n) is 3.33. The van der Waals surface area contributed by atoms with E-state index in [1.165, 1.54) is 5.56 Å². The molecule has 0 aliphatic carbocycles. The zero-order chi connectivity index (χ0) is 18.2. The number of anilines is 1. The number of amides is 1. The first-order chi connectivity index (χ1) is 12.7. The van der Waals surface area contributed by atoms with E-state index < -0.39 is 0 Å². The third kappa shape index (κ3) is 5.30. The number of pyridine rings is 1. The zero-order valence-corrected chi connectivity index (χ0v) is 15.6. The maximum absolute atomic E-state index is 12.5. The van der Waals surface area contributed by atoms with Gasteiger partial charge in [-0.25, -0.2) is 4.98 Å². The highest BCUT2D eigenvalue weighted by atomic mass is 16.2. The number of carbonyl (C=O) groups is 1. The van der Waals surface area contributed by atoms with Gasteiger partial charge < -0.3 is 9.80 Å². The summed E-state index contributed by atoms with van der Waals surface area (Å²) in [6, 6.07) is 16.5. The minimum Gasteiger partial charge on any atom is -0.353 e. The maximum atomic E-state index is 12.5. The molecule has 0 spiro atoms. The van der Waals surface area contributed by atoms with Crippen molar-refractivity contribution in [1.82, 2.24) is 14.8 Å². The second-order valence-electron chi connectivity index (χ2n) is 6.88. The van der Waals surface area contributed by atoms with E-state index in [0.717, 1.165) is 51.4 Å². The summed E-state index contributed by atoms with van der Waals surface area (Å²) in [6.45, 7) is 4.67. The van der Waals surface area contributed by atoms with Crippen molar-refractivity contribution in [2.75, 3.05) is 51.2 Å². The van der Waals surface area contributed by atoms with Gasteiger partial charge in [0.1, 0.15) is 5.82 Å². The molecule has 1 aliphatic heterocycles. The Hall–Kier alpha value is -2.40. The number of likely N-dealkylation sites (N-methyl/N-ethyl adjacent to an activating group) is 1. The Labute approximate surface area is 156 Å². The number of piperazine rings is 1. The van der Waals surface area contributed by atoms with Gasteiger partial charge in [0, 0.05) is 32.4 Å². The number of aryl methyl sites for hydroxylation is 1. The second-order valence-corrected chi connectivity index (χ2v) is 6.88. The van der Waals surface area contributed by atoms with Gasteiger partial charge in [0.05, 0.1) is 6.54 Å². The number of carbonyl (C=O) groups excluding carboxylic acids is 1. The molecule has 1 fully saturated rings. The lowest BCUT2D eigenvalue weighted by Gasteiger charge is -2.36. The largest absolute Gasteiger partial charge is 0.353 e. The number of nitrogens with zero attached hydrogens (tertiary/aromatic N) is 4. The van der Waals surface area contributed by atoms with Gasteiger partial charge in [0.25, 0.3) is 0 Å². The Morgan fingerprint density at radius 1 is 1.04 bits per heavy atom. The minimum absolute atomic E-state index is 0.230. The topological polar surface area (TPSA) is 39.7 Å². The number of hydrogen-bond acceptors (Lipinski definition) is 4. The van der Waals surface area contributed by atoms with Crippen LogP contribution in [0.25, 0.3) is 0 Å². The molecule has 26 heavy (non-hydrogen) atoms. The van der Waals surface area contributed by atoms with E-state index in [2.05, 4.69) is 39.0 Å². The Bertz CT molecular complexity index is 669. The molecule has 2 heterocycles. The molecule has 138 valence electrons. The highest BCUT2D eigenvalue weighted by Crippen LogP contribution is 2.12. The third-order valence-electron chi connectivity index (χ3n) is 4.86. The van der Waals surface area contributed by atoms with E-state index >= 15 is 0 Å². The minimum atomic E-state index is 0.230. The number of benzene rings is 1. The average molecular weight is 352 g/mol. The number of rotatable bonds is 7. The lowest BCUT2D eigenvalue weighted by molar-refractivity contribution is -0.132. The molecule has 0 radical (unpaired) electrons. The molecule has 5 nitrogen and oxygen atoms in total. The molecule has 1 aromatic heterocycles. The van der Waals surface area contributed by atoms with Crippen LogP contribution in [0.2, 0.25) is 0 Å². The Morgan fingerprint density at radius 3 is 2.46 bits per heavy atom. The first-order valence-electron chi connectivity index (χ1n) is 9.38. The Kier molecular flexibility index (Phi) is 6.61. The molecule has 3 rings (SSSR count). The summed E-state index contributed by atoms with van der Waals surface area (Å²) in [5.74, 6) is 1.23. The zero-order valence-electron chi connectivity index (χ0n) is 15.6. The standard InChI is InChI=1S/C21H28N4O/c1-23(13-7-10-19-8-3-2-4-9-19)18-21(26)25-16-14-24(15-17-25)20-11-5-6-12-22-20/h2-6,8-9,11-12H,7,10,13-18H2,1H3. The molecular formula is C21H28N4O.